The predicted octanol–water partition coefficient (Wildman–Crippen LogP) is 6.22. The van der Waals surface area contributed by atoms with Gasteiger partial charge >= 0.3 is 0 Å². The average Bonchev–Trinajstić information content (AvgIpc) is 3.36. The van der Waals surface area contributed by atoms with Gasteiger partial charge in [-0.25, -0.2) is 4.39 Å². The van der Waals surface area contributed by atoms with E-state index in [0.717, 1.165) is 40.4 Å². The molecule has 196 valence electrons. The minimum atomic E-state index is -0.313. The maximum absolute atomic E-state index is 13.6. The molecule has 1 heterocycles. The Morgan fingerprint density at radius 1 is 0.895 bits per heavy atom. The van der Waals surface area contributed by atoms with E-state index in [2.05, 4.69) is 18.0 Å². The summed E-state index contributed by atoms with van der Waals surface area (Å²) in [4.78, 5) is 33.4. The standard InChI is InChI=1S/C32H34FN3O2/c1-2-3-20-35(31(37)18-15-25-9-5-4-6-10-25)24-32(38)36(23-26-13-16-28(33)17-14-26)21-19-27-22-34-30-12-8-7-11-29(27)30/h4-18,22,34H,2-3,19-21,23-24H2,1H3/b18-15+. The summed E-state index contributed by atoms with van der Waals surface area (Å²) >= 11 is 0. The van der Waals surface area contributed by atoms with E-state index < -0.39 is 0 Å². The van der Waals surface area contributed by atoms with E-state index in [0.29, 0.717) is 26.1 Å². The largest absolute Gasteiger partial charge is 0.361 e. The quantitative estimate of drug-likeness (QED) is 0.230. The molecule has 4 aromatic rings. The smallest absolute Gasteiger partial charge is 0.247 e. The Morgan fingerprint density at radius 3 is 2.39 bits per heavy atom. The molecule has 1 aromatic heterocycles. The summed E-state index contributed by atoms with van der Waals surface area (Å²) in [5.41, 5.74) is 3.95. The van der Waals surface area contributed by atoms with E-state index in [1.165, 1.54) is 18.2 Å². The van der Waals surface area contributed by atoms with E-state index in [9.17, 15) is 14.0 Å². The first-order valence-electron chi connectivity index (χ1n) is 13.1. The van der Waals surface area contributed by atoms with Crippen molar-refractivity contribution in [3.8, 4) is 0 Å². The van der Waals surface area contributed by atoms with Crippen molar-refractivity contribution in [3.05, 3.63) is 114 Å². The van der Waals surface area contributed by atoms with E-state index in [4.69, 9.17) is 0 Å². The van der Waals surface area contributed by atoms with Crippen LogP contribution in [-0.4, -0.2) is 46.2 Å². The van der Waals surface area contributed by atoms with Gasteiger partial charge in [-0.05, 0) is 53.8 Å². The summed E-state index contributed by atoms with van der Waals surface area (Å²) in [7, 11) is 0. The average molecular weight is 512 g/mol. The van der Waals surface area contributed by atoms with Gasteiger partial charge in [0, 0.05) is 42.8 Å². The molecule has 0 atom stereocenters. The second-order valence-electron chi connectivity index (χ2n) is 9.41. The second-order valence-corrected chi connectivity index (χ2v) is 9.41. The number of H-pyrrole nitrogens is 1. The van der Waals surface area contributed by atoms with Gasteiger partial charge < -0.3 is 14.8 Å². The molecular weight excluding hydrogens is 477 g/mol. The van der Waals surface area contributed by atoms with Crippen molar-refractivity contribution in [3.63, 3.8) is 0 Å². The number of fused-ring (bicyclic) bond motifs is 1. The van der Waals surface area contributed by atoms with Gasteiger partial charge in [-0.2, -0.15) is 0 Å². The number of nitrogens with zero attached hydrogens (tertiary/aromatic N) is 2. The van der Waals surface area contributed by atoms with Crippen LogP contribution in [-0.2, 0) is 22.6 Å². The van der Waals surface area contributed by atoms with E-state index in [1.54, 1.807) is 28.0 Å². The predicted molar refractivity (Wildman–Crippen MR) is 151 cm³/mol. The number of rotatable bonds is 12. The van der Waals surface area contributed by atoms with Gasteiger partial charge in [-0.3, -0.25) is 9.59 Å². The minimum Gasteiger partial charge on any atom is -0.361 e. The lowest BCUT2D eigenvalue weighted by Crippen LogP contribution is -2.43. The highest BCUT2D eigenvalue weighted by molar-refractivity contribution is 5.94. The number of aromatic nitrogens is 1. The van der Waals surface area contributed by atoms with Crippen molar-refractivity contribution in [2.75, 3.05) is 19.6 Å². The highest BCUT2D eigenvalue weighted by Crippen LogP contribution is 2.19. The van der Waals surface area contributed by atoms with Crippen LogP contribution in [0.5, 0.6) is 0 Å². The molecule has 5 nitrogen and oxygen atoms in total. The molecule has 0 bridgehead atoms. The molecule has 0 radical (unpaired) electrons. The molecular formula is C32H34FN3O2. The van der Waals surface area contributed by atoms with Crippen LogP contribution in [0.25, 0.3) is 17.0 Å². The Balaban J connectivity index is 1.50. The molecule has 0 aliphatic carbocycles. The molecule has 0 fully saturated rings. The van der Waals surface area contributed by atoms with Gasteiger partial charge in [0.1, 0.15) is 12.4 Å². The van der Waals surface area contributed by atoms with Crippen LogP contribution in [0.1, 0.15) is 36.5 Å². The van der Waals surface area contributed by atoms with Gasteiger partial charge in [0.05, 0.1) is 0 Å². The normalized spacial score (nSPS) is 11.2. The van der Waals surface area contributed by atoms with E-state index >= 15 is 0 Å². The number of hydrogen-bond acceptors (Lipinski definition) is 2. The lowest BCUT2D eigenvalue weighted by Gasteiger charge is -2.27. The number of carbonyl (C=O) groups excluding carboxylic acids is 2. The highest BCUT2D eigenvalue weighted by Gasteiger charge is 2.21. The lowest BCUT2D eigenvalue weighted by molar-refractivity contribution is -0.138. The van der Waals surface area contributed by atoms with Crippen LogP contribution in [0.3, 0.4) is 0 Å². The summed E-state index contributed by atoms with van der Waals surface area (Å²) in [6, 6.07) is 23.9. The van der Waals surface area contributed by atoms with Crippen molar-refractivity contribution in [1.29, 1.82) is 0 Å². The van der Waals surface area contributed by atoms with Crippen molar-refractivity contribution in [2.24, 2.45) is 0 Å². The number of halogens is 1. The number of para-hydroxylation sites is 1. The van der Waals surface area contributed by atoms with Crippen LogP contribution in [0.15, 0.2) is 91.1 Å². The Labute approximate surface area is 223 Å². The maximum Gasteiger partial charge on any atom is 0.247 e. The van der Waals surface area contributed by atoms with Crippen LogP contribution < -0.4 is 0 Å². The Bertz CT molecular complexity index is 1360. The molecule has 1 N–H and O–H groups in total. The molecule has 0 saturated carbocycles. The molecule has 38 heavy (non-hydrogen) atoms. The Hall–Kier alpha value is -4.19. The van der Waals surface area contributed by atoms with Crippen LogP contribution in [0.2, 0.25) is 0 Å². The number of benzene rings is 3. The minimum absolute atomic E-state index is 0.00690. The van der Waals surface area contributed by atoms with Gasteiger partial charge in [0.2, 0.25) is 11.8 Å². The first-order chi connectivity index (χ1) is 18.5. The summed E-state index contributed by atoms with van der Waals surface area (Å²) in [6.07, 6.45) is 7.68. The van der Waals surface area contributed by atoms with Gasteiger partial charge in [0.25, 0.3) is 0 Å². The molecule has 3 aromatic carbocycles. The Kier molecular flexibility index (Phi) is 9.46. The van der Waals surface area contributed by atoms with Crippen LogP contribution in [0.4, 0.5) is 4.39 Å². The zero-order chi connectivity index (χ0) is 26.7. The first-order valence-corrected chi connectivity index (χ1v) is 13.1. The fourth-order valence-corrected chi connectivity index (χ4v) is 4.41. The third-order valence-corrected chi connectivity index (χ3v) is 6.60. The molecule has 2 amide bonds. The number of aromatic amines is 1. The van der Waals surface area contributed by atoms with Crippen molar-refractivity contribution in [2.45, 2.75) is 32.7 Å². The maximum atomic E-state index is 13.6. The second kappa shape index (κ2) is 13.4. The lowest BCUT2D eigenvalue weighted by atomic mass is 10.1. The summed E-state index contributed by atoms with van der Waals surface area (Å²) in [5.74, 6) is -0.632. The number of carbonyl (C=O) groups is 2. The summed E-state index contributed by atoms with van der Waals surface area (Å²) in [6.45, 7) is 3.39. The molecule has 0 spiro atoms. The summed E-state index contributed by atoms with van der Waals surface area (Å²) < 4.78 is 13.5. The molecule has 0 aliphatic heterocycles. The van der Waals surface area contributed by atoms with E-state index in [-0.39, 0.29) is 24.2 Å². The van der Waals surface area contributed by atoms with E-state index in [1.807, 2.05) is 54.7 Å². The van der Waals surface area contributed by atoms with Crippen LogP contribution >= 0.6 is 0 Å². The molecule has 0 aliphatic rings. The monoisotopic (exact) mass is 511 g/mol. The van der Waals surface area contributed by atoms with Crippen molar-refractivity contribution in [1.82, 2.24) is 14.8 Å². The third-order valence-electron chi connectivity index (χ3n) is 6.60. The third kappa shape index (κ3) is 7.42. The molecule has 0 unspecified atom stereocenters. The Morgan fingerprint density at radius 2 is 1.63 bits per heavy atom. The van der Waals surface area contributed by atoms with Gasteiger partial charge in [-0.1, -0.05) is 74.0 Å². The first kappa shape index (κ1) is 26.9. The molecule has 4 rings (SSSR count). The fourth-order valence-electron chi connectivity index (χ4n) is 4.41. The fraction of sp³-hybridized carbons (Fsp3) is 0.250. The van der Waals surface area contributed by atoms with Crippen molar-refractivity contribution >= 4 is 28.8 Å². The molecule has 6 heteroatoms. The summed E-state index contributed by atoms with van der Waals surface area (Å²) in [5, 5.41) is 1.13. The van der Waals surface area contributed by atoms with Crippen molar-refractivity contribution < 1.29 is 14.0 Å². The van der Waals surface area contributed by atoms with Crippen LogP contribution in [0, 0.1) is 5.82 Å². The topological polar surface area (TPSA) is 56.4 Å². The SMILES string of the molecule is CCCCN(CC(=O)N(CCc1c[nH]c2ccccc12)Cc1ccc(F)cc1)C(=O)/C=C/c1ccccc1. The van der Waals surface area contributed by atoms with Gasteiger partial charge in [0.15, 0.2) is 0 Å². The number of amides is 2. The molecule has 0 saturated heterocycles. The zero-order valence-corrected chi connectivity index (χ0v) is 21.8. The zero-order valence-electron chi connectivity index (χ0n) is 21.8. The number of unbranched alkanes of at least 4 members (excludes halogenated alkanes) is 1. The highest BCUT2D eigenvalue weighted by atomic mass is 19.1. The van der Waals surface area contributed by atoms with Gasteiger partial charge in [-0.15, -0.1) is 0 Å². The number of nitrogens with one attached hydrogen (secondary N) is 1. The number of hydrogen-bond donors (Lipinski definition) is 1.